The summed E-state index contributed by atoms with van der Waals surface area (Å²) in [4.78, 5) is 2.46. The Balaban J connectivity index is 2.16. The van der Waals surface area contributed by atoms with Gasteiger partial charge in [-0.2, -0.15) is 4.31 Å². The molecule has 0 unspecified atom stereocenters. The summed E-state index contributed by atoms with van der Waals surface area (Å²) in [7, 11) is -1.69. The third-order valence-corrected chi connectivity index (χ3v) is 6.70. The summed E-state index contributed by atoms with van der Waals surface area (Å²) in [5.74, 6) is 0. The minimum absolute atomic E-state index is 0.124. The first-order valence-corrected chi connectivity index (χ1v) is 8.74. The summed E-state index contributed by atoms with van der Waals surface area (Å²) in [5.41, 5.74) is 0. The molecule has 0 aromatic carbocycles. The van der Waals surface area contributed by atoms with Crippen LogP contribution in [0.4, 0.5) is 0 Å². The maximum Gasteiger partial charge on any atom is 0.219 e. The molecule has 2 heterocycles. The number of hydrogen-bond acceptors (Lipinski definition) is 4. The highest BCUT2D eigenvalue weighted by atomic mass is 32.2. The van der Waals surface area contributed by atoms with Gasteiger partial charge in [0, 0.05) is 32.3 Å². The zero-order chi connectivity index (χ0) is 14.0. The Morgan fingerprint density at radius 1 is 1.37 bits per heavy atom. The predicted molar refractivity (Wildman–Crippen MR) is 75.6 cm³/mol. The summed E-state index contributed by atoms with van der Waals surface area (Å²) in [6.45, 7) is 6.76. The first-order valence-electron chi connectivity index (χ1n) is 7.24. The maximum atomic E-state index is 12.7. The lowest BCUT2D eigenvalue weighted by atomic mass is 10.1. The van der Waals surface area contributed by atoms with E-state index in [-0.39, 0.29) is 12.6 Å². The van der Waals surface area contributed by atoms with Gasteiger partial charge >= 0.3 is 0 Å². The molecule has 0 aromatic heterocycles. The van der Waals surface area contributed by atoms with Crippen LogP contribution in [-0.4, -0.2) is 68.3 Å². The summed E-state index contributed by atoms with van der Waals surface area (Å²) in [5, 5.41) is -0.459. The Labute approximate surface area is 117 Å². The van der Waals surface area contributed by atoms with Gasteiger partial charge < -0.3 is 4.74 Å². The number of nitrogens with zero attached hydrogens (tertiary/aromatic N) is 2. The Morgan fingerprint density at radius 3 is 2.74 bits per heavy atom. The van der Waals surface area contributed by atoms with Crippen molar-refractivity contribution in [1.29, 1.82) is 0 Å². The SMILES string of the molecule is CC[C@@H]1CN2CCC[C@@H]2CN1S(=O)(=O)[C@H](C)COC. The van der Waals surface area contributed by atoms with E-state index in [1.165, 1.54) is 6.42 Å². The van der Waals surface area contributed by atoms with Crippen molar-refractivity contribution in [1.82, 2.24) is 9.21 Å². The summed E-state index contributed by atoms with van der Waals surface area (Å²) >= 11 is 0. The van der Waals surface area contributed by atoms with Gasteiger partial charge in [0.25, 0.3) is 0 Å². The largest absolute Gasteiger partial charge is 0.383 e. The van der Waals surface area contributed by atoms with Gasteiger partial charge in [-0.15, -0.1) is 0 Å². The number of methoxy groups -OCH3 is 1. The van der Waals surface area contributed by atoms with Crippen LogP contribution in [0, 0.1) is 0 Å². The first-order chi connectivity index (χ1) is 9.00. The molecule has 2 aliphatic rings. The van der Waals surface area contributed by atoms with Crippen molar-refractivity contribution in [3.05, 3.63) is 0 Å². The monoisotopic (exact) mass is 290 g/mol. The molecule has 0 bridgehead atoms. The van der Waals surface area contributed by atoms with Crippen molar-refractivity contribution in [3.8, 4) is 0 Å². The van der Waals surface area contributed by atoms with Crippen LogP contribution >= 0.6 is 0 Å². The van der Waals surface area contributed by atoms with Gasteiger partial charge in [-0.05, 0) is 32.7 Å². The molecule has 2 aliphatic heterocycles. The van der Waals surface area contributed by atoms with Crippen molar-refractivity contribution in [2.45, 2.75) is 50.4 Å². The number of piperazine rings is 1. The number of ether oxygens (including phenoxy) is 1. The molecule has 0 N–H and O–H groups in total. The molecule has 5 nitrogen and oxygen atoms in total. The molecule has 2 rings (SSSR count). The molecule has 112 valence electrons. The summed E-state index contributed by atoms with van der Waals surface area (Å²) < 4.78 is 32.1. The molecular formula is C13H26N2O3S. The molecule has 2 fully saturated rings. The van der Waals surface area contributed by atoms with Crippen LogP contribution in [0.25, 0.3) is 0 Å². The Bertz CT molecular complexity index is 399. The number of hydrogen-bond donors (Lipinski definition) is 0. The van der Waals surface area contributed by atoms with Crippen LogP contribution < -0.4 is 0 Å². The molecule has 0 saturated carbocycles. The Morgan fingerprint density at radius 2 is 2.11 bits per heavy atom. The van der Waals surface area contributed by atoms with Gasteiger partial charge in [-0.3, -0.25) is 4.90 Å². The molecule has 3 atom stereocenters. The zero-order valence-electron chi connectivity index (χ0n) is 12.2. The predicted octanol–water partition coefficient (Wildman–Crippen LogP) is 0.910. The van der Waals surface area contributed by atoms with E-state index in [4.69, 9.17) is 4.74 Å². The van der Waals surface area contributed by atoms with Gasteiger partial charge in [0.05, 0.1) is 11.9 Å². The zero-order valence-corrected chi connectivity index (χ0v) is 13.0. The van der Waals surface area contributed by atoms with E-state index in [1.54, 1.807) is 18.3 Å². The number of sulfonamides is 1. The standard InChI is InChI=1S/C13H26N2O3S/c1-4-12-8-14-7-5-6-13(14)9-15(12)19(16,17)11(2)10-18-3/h11-13H,4-10H2,1-3H3/t11-,12-,13-/m1/s1. The second-order valence-corrected chi connectivity index (χ2v) is 8.04. The van der Waals surface area contributed by atoms with E-state index >= 15 is 0 Å². The normalized spacial score (nSPS) is 31.3. The van der Waals surface area contributed by atoms with Gasteiger partial charge in [0.1, 0.15) is 0 Å². The fourth-order valence-corrected chi connectivity index (χ4v) is 5.04. The van der Waals surface area contributed by atoms with Crippen molar-refractivity contribution in [2.75, 3.05) is 33.4 Å². The van der Waals surface area contributed by atoms with Crippen LogP contribution in [-0.2, 0) is 14.8 Å². The Hall–Kier alpha value is -0.170. The van der Waals surface area contributed by atoms with Crippen LogP contribution in [0.1, 0.15) is 33.1 Å². The van der Waals surface area contributed by atoms with Crippen LogP contribution in [0.3, 0.4) is 0 Å². The van der Waals surface area contributed by atoms with Crippen LogP contribution in [0.5, 0.6) is 0 Å². The van der Waals surface area contributed by atoms with Crippen molar-refractivity contribution in [2.24, 2.45) is 0 Å². The molecule has 0 amide bonds. The van der Waals surface area contributed by atoms with E-state index in [0.717, 1.165) is 25.9 Å². The Kier molecular flexibility index (Phi) is 4.87. The van der Waals surface area contributed by atoms with E-state index in [9.17, 15) is 8.42 Å². The lowest BCUT2D eigenvalue weighted by molar-refractivity contribution is 0.104. The average Bonchev–Trinajstić information content (AvgIpc) is 2.84. The molecular weight excluding hydrogens is 264 g/mol. The highest BCUT2D eigenvalue weighted by Crippen LogP contribution is 2.29. The van der Waals surface area contributed by atoms with Crippen LogP contribution in [0.2, 0.25) is 0 Å². The van der Waals surface area contributed by atoms with Crippen molar-refractivity contribution < 1.29 is 13.2 Å². The smallest absolute Gasteiger partial charge is 0.219 e. The van der Waals surface area contributed by atoms with E-state index in [0.29, 0.717) is 12.6 Å². The average molecular weight is 290 g/mol. The molecule has 19 heavy (non-hydrogen) atoms. The van der Waals surface area contributed by atoms with Crippen molar-refractivity contribution >= 4 is 10.0 Å². The van der Waals surface area contributed by atoms with Gasteiger partial charge in [-0.25, -0.2) is 8.42 Å². The quantitative estimate of drug-likeness (QED) is 0.755. The topological polar surface area (TPSA) is 49.9 Å². The minimum atomic E-state index is -3.24. The minimum Gasteiger partial charge on any atom is -0.383 e. The molecule has 0 aliphatic carbocycles. The maximum absolute atomic E-state index is 12.7. The highest BCUT2D eigenvalue weighted by Gasteiger charge is 2.42. The molecule has 2 saturated heterocycles. The lowest BCUT2D eigenvalue weighted by Crippen LogP contribution is -2.59. The molecule has 0 spiro atoms. The second kappa shape index (κ2) is 6.08. The van der Waals surface area contributed by atoms with Crippen LogP contribution in [0.15, 0.2) is 0 Å². The summed E-state index contributed by atoms with van der Waals surface area (Å²) in [6, 6.07) is 0.547. The molecule has 0 radical (unpaired) electrons. The van der Waals surface area contributed by atoms with E-state index in [2.05, 4.69) is 11.8 Å². The lowest BCUT2D eigenvalue weighted by Gasteiger charge is -2.43. The highest BCUT2D eigenvalue weighted by molar-refractivity contribution is 7.89. The fraction of sp³-hybridized carbons (Fsp3) is 1.00. The second-order valence-electron chi connectivity index (χ2n) is 5.73. The van der Waals surface area contributed by atoms with E-state index in [1.807, 2.05) is 0 Å². The third-order valence-electron chi connectivity index (χ3n) is 4.45. The molecule has 0 aromatic rings. The van der Waals surface area contributed by atoms with Gasteiger partial charge in [-0.1, -0.05) is 6.92 Å². The number of rotatable bonds is 5. The fourth-order valence-electron chi connectivity index (χ4n) is 3.26. The summed E-state index contributed by atoms with van der Waals surface area (Å²) in [6.07, 6.45) is 3.20. The number of fused-ring (bicyclic) bond motifs is 1. The van der Waals surface area contributed by atoms with Gasteiger partial charge in [0.2, 0.25) is 10.0 Å². The van der Waals surface area contributed by atoms with Crippen molar-refractivity contribution in [3.63, 3.8) is 0 Å². The van der Waals surface area contributed by atoms with Gasteiger partial charge in [0.15, 0.2) is 0 Å². The first kappa shape index (κ1) is 15.2. The van der Waals surface area contributed by atoms with E-state index < -0.39 is 15.3 Å². The molecule has 6 heteroatoms. The third kappa shape index (κ3) is 2.96.